The van der Waals surface area contributed by atoms with Gasteiger partial charge in [-0.25, -0.2) is 4.79 Å². The van der Waals surface area contributed by atoms with Gasteiger partial charge in [-0.05, 0) is 47.4 Å². The molecule has 1 fully saturated rings. The summed E-state index contributed by atoms with van der Waals surface area (Å²) in [4.78, 5) is 36.8. The molecule has 1 unspecified atom stereocenters. The Hall–Kier alpha value is -3.35. The highest BCUT2D eigenvalue weighted by Gasteiger charge is 2.34. The van der Waals surface area contributed by atoms with Crippen molar-refractivity contribution in [3.8, 4) is 11.1 Å². The molecule has 2 aliphatic rings. The fourth-order valence-corrected chi connectivity index (χ4v) is 5.25. The van der Waals surface area contributed by atoms with Gasteiger partial charge in [0.2, 0.25) is 5.91 Å². The molecule has 4 rings (SSSR count). The minimum atomic E-state index is -0.930. The van der Waals surface area contributed by atoms with E-state index in [0.29, 0.717) is 6.42 Å². The van der Waals surface area contributed by atoms with Gasteiger partial charge in [-0.1, -0.05) is 68.3 Å². The molecule has 0 aromatic heterocycles. The lowest BCUT2D eigenvalue weighted by molar-refractivity contribution is -0.138. The number of amides is 2. The molecule has 0 heterocycles. The number of ether oxygens (including phenoxy) is 1. The van der Waals surface area contributed by atoms with Gasteiger partial charge in [0.25, 0.3) is 0 Å². The van der Waals surface area contributed by atoms with Crippen LogP contribution in [0.3, 0.4) is 0 Å². The third-order valence-electron chi connectivity index (χ3n) is 7.27. The monoisotopic (exact) mass is 478 g/mol. The van der Waals surface area contributed by atoms with Crippen molar-refractivity contribution in [2.75, 3.05) is 13.2 Å². The molecule has 2 aromatic carbocycles. The highest BCUT2D eigenvalue weighted by Crippen LogP contribution is 2.44. The topological polar surface area (TPSA) is 105 Å². The van der Waals surface area contributed by atoms with Crippen LogP contribution in [0, 0.1) is 11.8 Å². The molecule has 7 heteroatoms. The smallest absolute Gasteiger partial charge is 0.407 e. The summed E-state index contributed by atoms with van der Waals surface area (Å²) in [5, 5.41) is 14.9. The van der Waals surface area contributed by atoms with Gasteiger partial charge in [-0.2, -0.15) is 0 Å². The Balaban J connectivity index is 1.34. The van der Waals surface area contributed by atoms with Crippen molar-refractivity contribution in [3.63, 3.8) is 0 Å². The second-order valence-electron chi connectivity index (χ2n) is 9.60. The molecule has 3 N–H and O–H groups in total. The molecule has 0 bridgehead atoms. The number of fused-ring (bicyclic) bond motifs is 3. The van der Waals surface area contributed by atoms with E-state index in [1.54, 1.807) is 0 Å². The predicted octanol–water partition coefficient (Wildman–Crippen LogP) is 4.70. The van der Waals surface area contributed by atoms with Crippen LogP contribution in [0.5, 0.6) is 0 Å². The Bertz CT molecular complexity index is 1020. The van der Waals surface area contributed by atoms with E-state index in [9.17, 15) is 14.4 Å². The number of carboxylic acids is 1. The third-order valence-corrected chi connectivity index (χ3v) is 7.27. The van der Waals surface area contributed by atoms with Crippen molar-refractivity contribution >= 4 is 18.0 Å². The molecule has 2 atom stereocenters. The first-order valence-electron chi connectivity index (χ1n) is 12.6. The van der Waals surface area contributed by atoms with Gasteiger partial charge in [-0.3, -0.25) is 9.59 Å². The van der Waals surface area contributed by atoms with E-state index in [1.165, 1.54) is 11.1 Å². The maximum Gasteiger partial charge on any atom is 0.407 e. The SMILES string of the molecule is CCC[C@@H](CC(=O)O)NC(=O)C(CNC(=O)OCC1c2ccccc2-c2ccccc21)C1CCC1. The fourth-order valence-electron chi connectivity index (χ4n) is 5.25. The maximum atomic E-state index is 13.0. The van der Waals surface area contributed by atoms with Crippen LogP contribution in [-0.4, -0.2) is 42.3 Å². The first-order chi connectivity index (χ1) is 17.0. The van der Waals surface area contributed by atoms with Gasteiger partial charge < -0.3 is 20.5 Å². The second-order valence-corrected chi connectivity index (χ2v) is 9.60. The summed E-state index contributed by atoms with van der Waals surface area (Å²) >= 11 is 0. The summed E-state index contributed by atoms with van der Waals surface area (Å²) in [5.41, 5.74) is 4.63. The van der Waals surface area contributed by atoms with Crippen LogP contribution in [0.25, 0.3) is 11.1 Å². The number of hydrogen-bond acceptors (Lipinski definition) is 4. The van der Waals surface area contributed by atoms with Gasteiger partial charge in [0.05, 0.1) is 12.3 Å². The Morgan fingerprint density at radius 3 is 2.20 bits per heavy atom. The fraction of sp³-hybridized carbons (Fsp3) is 0.464. The number of nitrogens with one attached hydrogen (secondary N) is 2. The lowest BCUT2D eigenvalue weighted by Gasteiger charge is -2.33. The van der Waals surface area contributed by atoms with E-state index in [1.807, 2.05) is 31.2 Å². The number of benzene rings is 2. The Labute approximate surface area is 206 Å². The molecule has 0 saturated heterocycles. The van der Waals surface area contributed by atoms with Crippen LogP contribution in [0.15, 0.2) is 48.5 Å². The van der Waals surface area contributed by atoms with E-state index in [4.69, 9.17) is 9.84 Å². The minimum Gasteiger partial charge on any atom is -0.481 e. The number of carbonyl (C=O) groups excluding carboxylic acids is 2. The molecular weight excluding hydrogens is 444 g/mol. The molecule has 0 spiro atoms. The number of alkyl carbamates (subject to hydrolysis) is 1. The van der Waals surface area contributed by atoms with E-state index >= 15 is 0 Å². The van der Waals surface area contributed by atoms with Crippen LogP contribution in [0.1, 0.15) is 62.5 Å². The van der Waals surface area contributed by atoms with Gasteiger partial charge in [0.15, 0.2) is 0 Å². The molecule has 7 nitrogen and oxygen atoms in total. The Morgan fingerprint density at radius 1 is 1.03 bits per heavy atom. The molecular formula is C28H34N2O5. The Kier molecular flexibility index (Phi) is 8.06. The average molecular weight is 479 g/mol. The van der Waals surface area contributed by atoms with Crippen LogP contribution in [0.4, 0.5) is 4.79 Å². The average Bonchev–Trinajstić information content (AvgIpc) is 3.12. The minimum absolute atomic E-state index is 0.0234. The highest BCUT2D eigenvalue weighted by atomic mass is 16.5. The summed E-state index contributed by atoms with van der Waals surface area (Å²) in [6.45, 7) is 2.36. The van der Waals surface area contributed by atoms with Gasteiger partial charge in [0, 0.05) is 18.5 Å². The summed E-state index contributed by atoms with van der Waals surface area (Å²) in [5.74, 6) is -1.34. The quantitative estimate of drug-likeness (QED) is 0.434. The summed E-state index contributed by atoms with van der Waals surface area (Å²) < 4.78 is 5.61. The summed E-state index contributed by atoms with van der Waals surface area (Å²) in [6.07, 6.45) is 3.67. The van der Waals surface area contributed by atoms with Gasteiger partial charge in [0.1, 0.15) is 6.61 Å². The lowest BCUT2D eigenvalue weighted by Crippen LogP contribution is -2.47. The molecule has 2 amide bonds. The zero-order valence-corrected chi connectivity index (χ0v) is 20.2. The second kappa shape index (κ2) is 11.4. The van der Waals surface area contributed by atoms with Crippen molar-refractivity contribution in [2.24, 2.45) is 11.8 Å². The van der Waals surface area contributed by atoms with E-state index in [-0.39, 0.29) is 37.3 Å². The molecule has 2 aromatic rings. The number of carboxylic acid groups (broad SMARTS) is 1. The Morgan fingerprint density at radius 2 is 1.66 bits per heavy atom. The molecule has 2 aliphatic carbocycles. The van der Waals surface area contributed by atoms with Crippen molar-refractivity contribution < 1.29 is 24.2 Å². The zero-order valence-electron chi connectivity index (χ0n) is 20.2. The molecule has 186 valence electrons. The largest absolute Gasteiger partial charge is 0.481 e. The molecule has 0 radical (unpaired) electrons. The molecule has 0 aliphatic heterocycles. The van der Waals surface area contributed by atoms with Crippen molar-refractivity contribution in [2.45, 2.75) is 57.4 Å². The van der Waals surface area contributed by atoms with Crippen LogP contribution in [-0.2, 0) is 14.3 Å². The number of aliphatic carboxylic acids is 1. The first-order valence-corrected chi connectivity index (χ1v) is 12.6. The number of hydrogen-bond donors (Lipinski definition) is 3. The van der Waals surface area contributed by atoms with Gasteiger partial charge in [-0.15, -0.1) is 0 Å². The maximum absolute atomic E-state index is 13.0. The number of carbonyl (C=O) groups is 3. The van der Waals surface area contributed by atoms with E-state index in [2.05, 4.69) is 34.9 Å². The van der Waals surface area contributed by atoms with E-state index < -0.39 is 24.0 Å². The van der Waals surface area contributed by atoms with Crippen LogP contribution >= 0.6 is 0 Å². The van der Waals surface area contributed by atoms with Gasteiger partial charge >= 0.3 is 12.1 Å². The lowest BCUT2D eigenvalue weighted by atomic mass is 9.75. The standard InChI is InChI=1S/C28H34N2O5/c1-2-8-19(15-26(31)32)30-27(33)24(18-9-7-10-18)16-29-28(34)35-17-25-22-13-5-3-11-20(22)21-12-4-6-14-23(21)25/h3-6,11-14,18-19,24-25H,2,7-10,15-17H2,1H3,(H,29,34)(H,30,33)(H,31,32)/t19-,24?/m0/s1. The van der Waals surface area contributed by atoms with Crippen molar-refractivity contribution in [1.29, 1.82) is 0 Å². The first kappa shape index (κ1) is 24.8. The van der Waals surface area contributed by atoms with Crippen LogP contribution < -0.4 is 10.6 Å². The molecule has 1 saturated carbocycles. The van der Waals surface area contributed by atoms with E-state index in [0.717, 1.165) is 36.8 Å². The molecule has 35 heavy (non-hydrogen) atoms. The van der Waals surface area contributed by atoms with Crippen molar-refractivity contribution in [1.82, 2.24) is 10.6 Å². The number of rotatable bonds is 11. The highest BCUT2D eigenvalue weighted by molar-refractivity contribution is 5.81. The zero-order chi connectivity index (χ0) is 24.8. The third kappa shape index (κ3) is 5.84. The predicted molar refractivity (Wildman–Crippen MR) is 133 cm³/mol. The summed E-state index contributed by atoms with van der Waals surface area (Å²) in [7, 11) is 0. The van der Waals surface area contributed by atoms with Crippen LogP contribution in [0.2, 0.25) is 0 Å². The summed E-state index contributed by atoms with van der Waals surface area (Å²) in [6, 6.07) is 15.9. The normalized spacial score (nSPS) is 16.4. The van der Waals surface area contributed by atoms with Crippen molar-refractivity contribution in [3.05, 3.63) is 59.7 Å².